The van der Waals surface area contributed by atoms with Crippen LogP contribution in [-0.2, 0) is 0 Å². The molecule has 17 heavy (non-hydrogen) atoms. The summed E-state index contributed by atoms with van der Waals surface area (Å²) in [6.45, 7) is 4.28. The third kappa shape index (κ3) is 8.04. The van der Waals surface area contributed by atoms with Gasteiger partial charge in [0.25, 0.3) is 0 Å². The fourth-order valence-electron chi connectivity index (χ4n) is 0.858. The van der Waals surface area contributed by atoms with E-state index in [1.807, 2.05) is 13.8 Å². The van der Waals surface area contributed by atoms with Crippen LogP contribution < -0.4 is 16.4 Å². The second-order valence-electron chi connectivity index (χ2n) is 3.76. The van der Waals surface area contributed by atoms with Gasteiger partial charge in [-0.15, -0.1) is 0 Å². The minimum Gasteiger partial charge on any atom is -0.395 e. The number of aliphatic hydroxyl groups excluding tert-OH is 1. The molecule has 6 nitrogen and oxygen atoms in total. The Kier molecular flexibility index (Phi) is 7.45. The Hall–Kier alpha value is -1.82. The van der Waals surface area contributed by atoms with Crippen LogP contribution in [0.1, 0.15) is 13.8 Å². The number of amidine groups is 1. The van der Waals surface area contributed by atoms with E-state index in [9.17, 15) is 0 Å². The maximum atomic E-state index is 8.51. The normalized spacial score (nSPS) is 11.9. The van der Waals surface area contributed by atoms with Crippen LogP contribution in [-0.4, -0.2) is 29.8 Å². The number of hydrogen-bond donors (Lipinski definition) is 6. The van der Waals surface area contributed by atoms with Crippen molar-refractivity contribution in [1.82, 2.24) is 10.6 Å². The molecule has 0 aromatic rings. The van der Waals surface area contributed by atoms with Crippen molar-refractivity contribution in [3.05, 3.63) is 24.2 Å². The molecule has 0 aliphatic rings. The molecule has 0 amide bonds. The summed E-state index contributed by atoms with van der Waals surface area (Å²) >= 11 is 0. The summed E-state index contributed by atoms with van der Waals surface area (Å²) in [6, 6.07) is 0. The number of allylic oxidation sites excluding steroid dienone is 1. The molecule has 0 rings (SSSR count). The summed E-state index contributed by atoms with van der Waals surface area (Å²) in [5.74, 6) is 0.479. The van der Waals surface area contributed by atoms with Gasteiger partial charge in [0.1, 0.15) is 11.7 Å². The molecule has 96 valence electrons. The quantitative estimate of drug-likeness (QED) is 0.215. The molecule has 0 aromatic carbocycles. The molecule has 0 fully saturated rings. The Morgan fingerprint density at radius 2 is 2.06 bits per heavy atom. The van der Waals surface area contributed by atoms with Crippen LogP contribution in [0.5, 0.6) is 0 Å². The Labute approximate surface area is 102 Å². The predicted molar refractivity (Wildman–Crippen MR) is 69.9 cm³/mol. The Bertz CT molecular complexity index is 320. The Morgan fingerprint density at radius 1 is 1.41 bits per heavy atom. The highest BCUT2D eigenvalue weighted by atomic mass is 16.3. The predicted octanol–water partition coefficient (Wildman–Crippen LogP) is 0.125. The Morgan fingerprint density at radius 3 is 2.59 bits per heavy atom. The van der Waals surface area contributed by atoms with Crippen molar-refractivity contribution in [3.8, 4) is 0 Å². The molecule has 6 heteroatoms. The number of nitrogens with two attached hydrogens (primary N) is 1. The zero-order valence-electron chi connectivity index (χ0n) is 10.2. The molecule has 0 aliphatic carbocycles. The average molecular weight is 239 g/mol. The van der Waals surface area contributed by atoms with E-state index in [2.05, 4.69) is 10.6 Å². The van der Waals surface area contributed by atoms with Crippen molar-refractivity contribution in [2.45, 2.75) is 13.8 Å². The lowest BCUT2D eigenvalue weighted by Crippen LogP contribution is -2.27. The molecule has 0 aromatic heterocycles. The van der Waals surface area contributed by atoms with E-state index in [0.29, 0.717) is 12.3 Å². The third-order valence-electron chi connectivity index (χ3n) is 1.84. The maximum absolute atomic E-state index is 8.51. The first-order chi connectivity index (χ1) is 7.97. The lowest BCUT2D eigenvalue weighted by atomic mass is 10.1. The van der Waals surface area contributed by atoms with Gasteiger partial charge in [-0.1, -0.05) is 13.8 Å². The molecule has 0 radical (unpaired) electrons. The number of rotatable bonds is 7. The molecule has 0 unspecified atom stereocenters. The fourth-order valence-corrected chi connectivity index (χ4v) is 0.858. The fraction of sp³-hybridized carbons (Fsp3) is 0.455. The molecule has 0 saturated heterocycles. The molecule has 0 aliphatic heterocycles. The number of aliphatic hydroxyl groups is 1. The second-order valence-corrected chi connectivity index (χ2v) is 3.76. The van der Waals surface area contributed by atoms with E-state index in [1.54, 1.807) is 6.20 Å². The van der Waals surface area contributed by atoms with Gasteiger partial charge >= 0.3 is 0 Å². The van der Waals surface area contributed by atoms with Gasteiger partial charge in [0.15, 0.2) is 0 Å². The SMILES string of the molecule is CC(C)C(=N)/C=C(/N)NC(=N)/C=C\NCCO. The minimum atomic E-state index is 0.0404. The largest absolute Gasteiger partial charge is 0.395 e. The standard InChI is InChI=1S/C11H21N5O/c1-8(2)9(12)7-11(14)16-10(13)3-4-15-5-6-17/h3-4,7-8,12,15,17H,5-6,14H2,1-2H3,(H2,13,16)/b4-3-,11-7-,12-9?. The number of hydrogen-bond acceptors (Lipinski definition) is 5. The van der Waals surface area contributed by atoms with Crippen molar-refractivity contribution in [2.75, 3.05) is 13.2 Å². The minimum absolute atomic E-state index is 0.0404. The van der Waals surface area contributed by atoms with Crippen LogP contribution in [0.15, 0.2) is 24.2 Å². The van der Waals surface area contributed by atoms with Crippen molar-refractivity contribution < 1.29 is 5.11 Å². The molecule has 0 bridgehead atoms. The van der Waals surface area contributed by atoms with E-state index >= 15 is 0 Å². The van der Waals surface area contributed by atoms with E-state index in [1.165, 1.54) is 12.2 Å². The molecule has 7 N–H and O–H groups in total. The van der Waals surface area contributed by atoms with Gasteiger partial charge in [-0.2, -0.15) is 0 Å². The monoisotopic (exact) mass is 239 g/mol. The van der Waals surface area contributed by atoms with Crippen LogP contribution in [0, 0.1) is 16.7 Å². The molecule has 0 spiro atoms. The van der Waals surface area contributed by atoms with Crippen molar-refractivity contribution in [3.63, 3.8) is 0 Å². The summed E-state index contributed by atoms with van der Waals surface area (Å²) in [5, 5.41) is 29.0. The smallest absolute Gasteiger partial charge is 0.124 e. The van der Waals surface area contributed by atoms with Gasteiger partial charge in [0.05, 0.1) is 6.61 Å². The molecule has 0 heterocycles. The van der Waals surface area contributed by atoms with Gasteiger partial charge in [0, 0.05) is 18.5 Å². The summed E-state index contributed by atoms with van der Waals surface area (Å²) in [6.07, 6.45) is 4.52. The Balaban J connectivity index is 4.11. The van der Waals surface area contributed by atoms with Crippen LogP contribution in [0.25, 0.3) is 0 Å². The zero-order valence-corrected chi connectivity index (χ0v) is 10.2. The van der Waals surface area contributed by atoms with Crippen LogP contribution in [0.2, 0.25) is 0 Å². The highest BCUT2D eigenvalue weighted by molar-refractivity contribution is 5.96. The zero-order chi connectivity index (χ0) is 13.3. The van der Waals surface area contributed by atoms with Gasteiger partial charge in [-0.05, 0) is 18.1 Å². The second kappa shape index (κ2) is 8.35. The maximum Gasteiger partial charge on any atom is 0.124 e. The lowest BCUT2D eigenvalue weighted by molar-refractivity contribution is 0.298. The topological polar surface area (TPSA) is 118 Å². The first kappa shape index (κ1) is 15.2. The molecular weight excluding hydrogens is 218 g/mol. The molecule has 0 saturated carbocycles. The lowest BCUT2D eigenvalue weighted by Gasteiger charge is -2.07. The van der Waals surface area contributed by atoms with Crippen LogP contribution in [0.3, 0.4) is 0 Å². The van der Waals surface area contributed by atoms with Gasteiger partial charge in [0.2, 0.25) is 0 Å². The highest BCUT2D eigenvalue weighted by Crippen LogP contribution is 1.96. The van der Waals surface area contributed by atoms with E-state index in [4.69, 9.17) is 21.7 Å². The first-order valence-corrected chi connectivity index (χ1v) is 5.39. The van der Waals surface area contributed by atoms with Crippen molar-refractivity contribution in [2.24, 2.45) is 11.7 Å². The summed E-state index contributed by atoms with van der Waals surface area (Å²) in [5.41, 5.74) is 6.03. The summed E-state index contributed by atoms with van der Waals surface area (Å²) in [7, 11) is 0. The van der Waals surface area contributed by atoms with Gasteiger partial charge in [-0.3, -0.25) is 5.41 Å². The van der Waals surface area contributed by atoms with Gasteiger partial charge in [-0.25, -0.2) is 0 Å². The van der Waals surface area contributed by atoms with E-state index < -0.39 is 0 Å². The summed E-state index contributed by atoms with van der Waals surface area (Å²) < 4.78 is 0. The van der Waals surface area contributed by atoms with E-state index in [-0.39, 0.29) is 24.2 Å². The number of nitrogens with one attached hydrogen (secondary N) is 4. The molecule has 0 atom stereocenters. The van der Waals surface area contributed by atoms with Crippen LogP contribution >= 0.6 is 0 Å². The van der Waals surface area contributed by atoms with Gasteiger partial charge < -0.3 is 26.9 Å². The summed E-state index contributed by atoms with van der Waals surface area (Å²) in [4.78, 5) is 0. The third-order valence-corrected chi connectivity index (χ3v) is 1.84. The molecular formula is C11H21N5O. The van der Waals surface area contributed by atoms with Crippen LogP contribution in [0.4, 0.5) is 0 Å². The highest BCUT2D eigenvalue weighted by Gasteiger charge is 2.00. The van der Waals surface area contributed by atoms with E-state index in [0.717, 1.165) is 0 Å². The first-order valence-electron chi connectivity index (χ1n) is 5.39. The van der Waals surface area contributed by atoms with Crippen molar-refractivity contribution in [1.29, 1.82) is 10.8 Å². The van der Waals surface area contributed by atoms with Crippen molar-refractivity contribution >= 4 is 11.5 Å². The average Bonchev–Trinajstić information content (AvgIpc) is 2.24.